The first kappa shape index (κ1) is 18.2. The highest BCUT2D eigenvalue weighted by molar-refractivity contribution is 6.25. The van der Waals surface area contributed by atoms with Crippen molar-refractivity contribution in [2.75, 3.05) is 0 Å². The lowest BCUT2D eigenvalue weighted by Gasteiger charge is -2.25. The van der Waals surface area contributed by atoms with Crippen LogP contribution in [0.4, 0.5) is 5.69 Å². The van der Waals surface area contributed by atoms with Crippen molar-refractivity contribution in [2.24, 2.45) is 4.99 Å². The fourth-order valence-electron chi connectivity index (χ4n) is 3.86. The first-order valence-electron chi connectivity index (χ1n) is 9.72. The van der Waals surface area contributed by atoms with Gasteiger partial charge in [-0.15, -0.1) is 0 Å². The number of nitrogens with zero attached hydrogens (tertiary/aromatic N) is 1. The third kappa shape index (κ3) is 3.61. The molecular formula is C25H23NO2. The minimum Gasteiger partial charge on any atom is -0.512 e. The van der Waals surface area contributed by atoms with E-state index in [1.165, 1.54) is 0 Å². The van der Waals surface area contributed by atoms with Gasteiger partial charge in [0.05, 0.1) is 17.0 Å². The molecule has 1 atom stereocenters. The predicted octanol–water partition coefficient (Wildman–Crippen LogP) is 6.28. The third-order valence-electron chi connectivity index (χ3n) is 5.33. The van der Waals surface area contributed by atoms with Gasteiger partial charge in [0, 0.05) is 12.8 Å². The minimum atomic E-state index is -0.0287. The lowest BCUT2D eigenvalue weighted by Crippen LogP contribution is -2.26. The number of rotatable bonds is 3. The van der Waals surface area contributed by atoms with E-state index in [1.54, 1.807) is 0 Å². The lowest BCUT2D eigenvalue weighted by atomic mass is 9.79. The normalized spacial score (nSPS) is 20.5. The van der Waals surface area contributed by atoms with Gasteiger partial charge in [0.15, 0.2) is 5.78 Å². The Bertz CT molecular complexity index is 1080. The van der Waals surface area contributed by atoms with Gasteiger partial charge in [0.1, 0.15) is 5.76 Å². The maximum atomic E-state index is 12.9. The highest BCUT2D eigenvalue weighted by atomic mass is 16.3. The molecular weight excluding hydrogens is 346 g/mol. The molecule has 0 saturated heterocycles. The van der Waals surface area contributed by atoms with Crippen molar-refractivity contribution >= 4 is 28.0 Å². The smallest absolute Gasteiger partial charge is 0.168 e. The summed E-state index contributed by atoms with van der Waals surface area (Å²) in [6.07, 6.45) is 1.47. The van der Waals surface area contributed by atoms with E-state index in [1.807, 2.05) is 55.5 Å². The van der Waals surface area contributed by atoms with Crippen molar-refractivity contribution in [1.29, 1.82) is 0 Å². The van der Waals surface area contributed by atoms with E-state index < -0.39 is 0 Å². The van der Waals surface area contributed by atoms with Crippen molar-refractivity contribution < 1.29 is 9.90 Å². The lowest BCUT2D eigenvalue weighted by molar-refractivity contribution is -0.115. The molecule has 1 N–H and O–H groups in total. The summed E-state index contributed by atoms with van der Waals surface area (Å²) in [7, 11) is 0. The molecule has 1 saturated carbocycles. The largest absolute Gasteiger partial charge is 0.512 e. The number of aliphatic imine (C=N–C) groups is 1. The Morgan fingerprint density at radius 2 is 1.68 bits per heavy atom. The van der Waals surface area contributed by atoms with E-state index in [4.69, 9.17) is 4.99 Å². The SMILES string of the molecule is CC/C(O)=C1\C(=O)CC(c2ccccc2)CC1=Nc1ccc2ccccc2c1. The summed E-state index contributed by atoms with van der Waals surface area (Å²) in [4.78, 5) is 17.7. The van der Waals surface area contributed by atoms with Crippen molar-refractivity contribution in [2.45, 2.75) is 32.1 Å². The van der Waals surface area contributed by atoms with Gasteiger partial charge in [0.2, 0.25) is 0 Å². The Kier molecular flexibility index (Phi) is 5.07. The Balaban J connectivity index is 1.78. The number of allylic oxidation sites excluding steroid dienone is 2. The van der Waals surface area contributed by atoms with Crippen molar-refractivity contribution in [3.63, 3.8) is 0 Å². The third-order valence-corrected chi connectivity index (χ3v) is 5.33. The van der Waals surface area contributed by atoms with Crippen LogP contribution in [0.2, 0.25) is 0 Å². The molecule has 3 nitrogen and oxygen atoms in total. The van der Waals surface area contributed by atoms with Crippen LogP contribution in [0.3, 0.4) is 0 Å². The molecule has 0 bridgehead atoms. The second kappa shape index (κ2) is 7.81. The molecule has 3 aromatic rings. The molecule has 1 fully saturated rings. The predicted molar refractivity (Wildman–Crippen MR) is 114 cm³/mol. The number of aliphatic hydroxyl groups excluding tert-OH is 1. The molecule has 0 radical (unpaired) electrons. The molecule has 140 valence electrons. The summed E-state index contributed by atoms with van der Waals surface area (Å²) in [5.41, 5.74) is 3.02. The highest BCUT2D eigenvalue weighted by Crippen LogP contribution is 2.35. The number of hydrogen-bond acceptors (Lipinski definition) is 3. The summed E-state index contributed by atoms with van der Waals surface area (Å²) in [5, 5.41) is 12.7. The second-order valence-electron chi connectivity index (χ2n) is 7.20. The Morgan fingerprint density at radius 3 is 2.43 bits per heavy atom. The van der Waals surface area contributed by atoms with E-state index in [0.29, 0.717) is 30.5 Å². The van der Waals surface area contributed by atoms with Crippen LogP contribution in [-0.2, 0) is 4.79 Å². The number of Topliss-reactive ketones (excluding diaryl/α,β-unsaturated/α-hetero) is 1. The van der Waals surface area contributed by atoms with Crippen molar-refractivity contribution in [3.8, 4) is 0 Å². The quantitative estimate of drug-likeness (QED) is 0.436. The molecule has 3 aromatic carbocycles. The van der Waals surface area contributed by atoms with Crippen LogP contribution in [-0.4, -0.2) is 16.6 Å². The van der Waals surface area contributed by atoms with Gasteiger partial charge in [-0.05, 0) is 40.8 Å². The number of carbonyl (C=O) groups is 1. The topological polar surface area (TPSA) is 49.7 Å². The molecule has 0 aliphatic heterocycles. The number of benzene rings is 3. The fraction of sp³-hybridized carbons (Fsp3) is 0.200. The van der Waals surface area contributed by atoms with E-state index in [9.17, 15) is 9.90 Å². The standard InChI is InChI=1S/C25H23NO2/c1-2-23(27)25-22(15-20(16-24(25)28)17-8-4-3-5-9-17)26-21-13-12-18-10-6-7-11-19(18)14-21/h3-14,20,27H,2,15-16H2,1H3/b25-23+,26-22?. The van der Waals surface area contributed by atoms with Gasteiger partial charge in [-0.2, -0.15) is 0 Å². The molecule has 0 spiro atoms. The Morgan fingerprint density at radius 1 is 0.964 bits per heavy atom. The summed E-state index contributed by atoms with van der Waals surface area (Å²) in [6.45, 7) is 1.85. The monoisotopic (exact) mass is 369 g/mol. The van der Waals surface area contributed by atoms with E-state index in [2.05, 4.69) is 24.3 Å². The van der Waals surface area contributed by atoms with Crippen molar-refractivity contribution in [3.05, 3.63) is 89.7 Å². The molecule has 0 amide bonds. The Hall–Kier alpha value is -3.20. The van der Waals surface area contributed by atoms with Crippen LogP contribution in [0.1, 0.15) is 37.7 Å². The first-order valence-corrected chi connectivity index (χ1v) is 9.72. The molecule has 1 aliphatic rings. The van der Waals surface area contributed by atoms with Crippen LogP contribution < -0.4 is 0 Å². The van der Waals surface area contributed by atoms with Crippen LogP contribution in [0, 0.1) is 0 Å². The first-order chi connectivity index (χ1) is 13.7. The fourth-order valence-corrected chi connectivity index (χ4v) is 3.86. The number of fused-ring (bicyclic) bond motifs is 1. The second-order valence-corrected chi connectivity index (χ2v) is 7.20. The number of aliphatic hydroxyl groups is 1. The minimum absolute atomic E-state index is 0.0287. The summed E-state index contributed by atoms with van der Waals surface area (Å²) in [5.74, 6) is 0.191. The van der Waals surface area contributed by atoms with E-state index >= 15 is 0 Å². The molecule has 1 aliphatic carbocycles. The molecule has 0 aromatic heterocycles. The molecule has 28 heavy (non-hydrogen) atoms. The van der Waals surface area contributed by atoms with Crippen LogP contribution >= 0.6 is 0 Å². The number of carbonyl (C=O) groups excluding carboxylic acids is 1. The van der Waals surface area contributed by atoms with Gasteiger partial charge in [0.25, 0.3) is 0 Å². The molecule has 4 rings (SSSR count). The zero-order valence-corrected chi connectivity index (χ0v) is 15.9. The molecule has 1 unspecified atom stereocenters. The summed E-state index contributed by atoms with van der Waals surface area (Å²) < 4.78 is 0. The van der Waals surface area contributed by atoms with Crippen LogP contribution in [0.5, 0.6) is 0 Å². The van der Waals surface area contributed by atoms with Crippen LogP contribution in [0.15, 0.2) is 89.1 Å². The highest BCUT2D eigenvalue weighted by Gasteiger charge is 2.32. The summed E-state index contributed by atoms with van der Waals surface area (Å²) in [6, 6.07) is 24.2. The Labute approximate surface area is 165 Å². The van der Waals surface area contributed by atoms with Crippen molar-refractivity contribution in [1.82, 2.24) is 0 Å². The molecule has 0 heterocycles. The average molecular weight is 369 g/mol. The van der Waals surface area contributed by atoms with Gasteiger partial charge >= 0.3 is 0 Å². The van der Waals surface area contributed by atoms with Gasteiger partial charge in [-0.3, -0.25) is 9.79 Å². The number of hydrogen-bond donors (Lipinski definition) is 1. The van der Waals surface area contributed by atoms with E-state index in [0.717, 1.165) is 22.0 Å². The van der Waals surface area contributed by atoms with Gasteiger partial charge < -0.3 is 5.11 Å². The zero-order valence-electron chi connectivity index (χ0n) is 15.9. The zero-order chi connectivity index (χ0) is 19.5. The summed E-state index contributed by atoms with van der Waals surface area (Å²) >= 11 is 0. The number of ketones is 1. The van der Waals surface area contributed by atoms with Gasteiger partial charge in [-0.25, -0.2) is 0 Å². The molecule has 3 heteroatoms. The average Bonchev–Trinajstić information content (AvgIpc) is 2.73. The maximum absolute atomic E-state index is 12.9. The van der Waals surface area contributed by atoms with Crippen LogP contribution in [0.25, 0.3) is 10.8 Å². The van der Waals surface area contributed by atoms with Gasteiger partial charge in [-0.1, -0.05) is 67.6 Å². The maximum Gasteiger partial charge on any atom is 0.168 e. The van der Waals surface area contributed by atoms with E-state index in [-0.39, 0.29) is 17.5 Å².